The van der Waals surface area contributed by atoms with Crippen LogP contribution in [-0.4, -0.2) is 33.3 Å². The van der Waals surface area contributed by atoms with Crippen molar-refractivity contribution in [2.24, 2.45) is 0 Å². The van der Waals surface area contributed by atoms with Crippen LogP contribution in [0, 0.1) is 13.8 Å². The van der Waals surface area contributed by atoms with E-state index < -0.39 is 16.1 Å². The van der Waals surface area contributed by atoms with Crippen LogP contribution in [0.2, 0.25) is 0 Å². The molecule has 0 amide bonds. The largest absolute Gasteiger partial charge is 0.497 e. The van der Waals surface area contributed by atoms with E-state index in [2.05, 4.69) is 4.72 Å². The lowest BCUT2D eigenvalue weighted by atomic mass is 10.1. The van der Waals surface area contributed by atoms with Gasteiger partial charge >= 0.3 is 0 Å². The molecule has 1 aromatic rings. The van der Waals surface area contributed by atoms with Crippen LogP contribution in [0.25, 0.3) is 0 Å². The topological polar surface area (TPSA) is 75.6 Å². The third-order valence-electron chi connectivity index (χ3n) is 2.57. The predicted molar refractivity (Wildman–Crippen MR) is 69.3 cm³/mol. The van der Waals surface area contributed by atoms with E-state index in [0.29, 0.717) is 16.9 Å². The average Bonchev–Trinajstić information content (AvgIpc) is 2.26. The standard InChI is InChI=1S/C12H19NO4S/c1-8-5-11(17-4)6-9(2)12(8)18(15,16)13-10(3)7-14/h5-6,10,13-14H,7H2,1-4H3. The predicted octanol–water partition coefficient (Wildman–Crippen LogP) is 0.971. The van der Waals surface area contributed by atoms with Crippen LogP contribution in [0.1, 0.15) is 18.1 Å². The van der Waals surface area contributed by atoms with Crippen LogP contribution < -0.4 is 9.46 Å². The van der Waals surface area contributed by atoms with Gasteiger partial charge in [-0.15, -0.1) is 0 Å². The molecule has 0 aliphatic carbocycles. The van der Waals surface area contributed by atoms with Crippen molar-refractivity contribution in [3.8, 4) is 5.75 Å². The number of hydrogen-bond donors (Lipinski definition) is 2. The van der Waals surface area contributed by atoms with E-state index in [4.69, 9.17) is 9.84 Å². The minimum Gasteiger partial charge on any atom is -0.497 e. The highest BCUT2D eigenvalue weighted by atomic mass is 32.2. The summed E-state index contributed by atoms with van der Waals surface area (Å²) in [5.74, 6) is 0.624. The maximum Gasteiger partial charge on any atom is 0.241 e. The molecule has 5 nitrogen and oxygen atoms in total. The summed E-state index contributed by atoms with van der Waals surface area (Å²) in [5, 5.41) is 8.92. The van der Waals surface area contributed by atoms with E-state index in [1.807, 2.05) is 0 Å². The minimum absolute atomic E-state index is 0.239. The van der Waals surface area contributed by atoms with Crippen molar-refractivity contribution in [1.29, 1.82) is 0 Å². The summed E-state index contributed by atoms with van der Waals surface area (Å²) in [6, 6.07) is 2.83. The van der Waals surface area contributed by atoms with Crippen LogP contribution >= 0.6 is 0 Å². The molecule has 1 unspecified atom stereocenters. The summed E-state index contributed by atoms with van der Waals surface area (Å²) in [4.78, 5) is 0.239. The minimum atomic E-state index is -3.62. The Morgan fingerprint density at radius 3 is 2.22 bits per heavy atom. The van der Waals surface area contributed by atoms with Crippen molar-refractivity contribution in [3.63, 3.8) is 0 Å². The van der Waals surface area contributed by atoms with Crippen LogP contribution in [0.4, 0.5) is 0 Å². The summed E-state index contributed by atoms with van der Waals surface area (Å²) in [6.07, 6.45) is 0. The van der Waals surface area contributed by atoms with Gasteiger partial charge in [0.05, 0.1) is 18.6 Å². The van der Waals surface area contributed by atoms with E-state index >= 15 is 0 Å². The summed E-state index contributed by atoms with van der Waals surface area (Å²) < 4.78 is 31.9. The smallest absolute Gasteiger partial charge is 0.241 e. The second-order valence-corrected chi connectivity index (χ2v) is 5.95. The lowest BCUT2D eigenvalue weighted by Gasteiger charge is -2.16. The third-order valence-corrected chi connectivity index (χ3v) is 4.46. The van der Waals surface area contributed by atoms with E-state index in [1.165, 1.54) is 7.11 Å². The fraction of sp³-hybridized carbons (Fsp3) is 0.500. The molecule has 0 saturated heterocycles. The van der Waals surface area contributed by atoms with E-state index in [1.54, 1.807) is 32.9 Å². The Kier molecular flexibility index (Phi) is 4.72. The molecule has 0 fully saturated rings. The van der Waals surface area contributed by atoms with Crippen molar-refractivity contribution in [1.82, 2.24) is 4.72 Å². The van der Waals surface area contributed by atoms with Crippen molar-refractivity contribution in [2.45, 2.75) is 31.7 Å². The molecular formula is C12H19NO4S. The molecule has 1 aromatic carbocycles. The fourth-order valence-corrected chi connectivity index (χ4v) is 3.50. The Hall–Kier alpha value is -1.11. The summed E-state index contributed by atoms with van der Waals surface area (Å²) in [6.45, 7) is 4.79. The van der Waals surface area contributed by atoms with Crippen LogP contribution in [0.15, 0.2) is 17.0 Å². The zero-order valence-corrected chi connectivity index (χ0v) is 11.8. The van der Waals surface area contributed by atoms with Crippen LogP contribution in [0.3, 0.4) is 0 Å². The number of methoxy groups -OCH3 is 1. The van der Waals surface area contributed by atoms with Crippen molar-refractivity contribution < 1.29 is 18.3 Å². The number of benzene rings is 1. The molecule has 0 bridgehead atoms. The number of nitrogens with one attached hydrogen (secondary N) is 1. The first-order valence-electron chi connectivity index (χ1n) is 5.60. The molecule has 18 heavy (non-hydrogen) atoms. The molecular weight excluding hydrogens is 254 g/mol. The molecule has 0 saturated carbocycles. The Bertz CT molecular complexity index is 502. The molecule has 0 heterocycles. The normalized spacial score (nSPS) is 13.4. The van der Waals surface area contributed by atoms with Crippen LogP contribution in [-0.2, 0) is 10.0 Å². The Labute approximate surface area is 108 Å². The molecule has 1 rings (SSSR count). The van der Waals surface area contributed by atoms with Gasteiger partial charge in [-0.25, -0.2) is 13.1 Å². The van der Waals surface area contributed by atoms with Crippen molar-refractivity contribution in [2.75, 3.05) is 13.7 Å². The van der Waals surface area contributed by atoms with Gasteiger partial charge in [-0.3, -0.25) is 0 Å². The molecule has 6 heteroatoms. The summed E-state index contributed by atoms with van der Waals surface area (Å²) >= 11 is 0. The van der Waals surface area contributed by atoms with Gasteiger partial charge in [-0.1, -0.05) is 0 Å². The fourth-order valence-electron chi connectivity index (χ4n) is 1.81. The SMILES string of the molecule is COc1cc(C)c(S(=O)(=O)NC(C)CO)c(C)c1. The second-order valence-electron chi connectivity index (χ2n) is 4.30. The molecule has 1 atom stereocenters. The Balaban J connectivity index is 3.25. The van der Waals surface area contributed by atoms with Crippen LogP contribution in [0.5, 0.6) is 5.75 Å². The highest BCUT2D eigenvalue weighted by Gasteiger charge is 2.22. The number of sulfonamides is 1. The molecule has 2 N–H and O–H groups in total. The first-order valence-corrected chi connectivity index (χ1v) is 7.08. The average molecular weight is 273 g/mol. The maximum absolute atomic E-state index is 12.2. The number of aryl methyl sites for hydroxylation is 2. The first kappa shape index (κ1) is 14.9. The second kappa shape index (κ2) is 5.69. The van der Waals surface area contributed by atoms with Gasteiger partial charge in [-0.05, 0) is 44.0 Å². The Morgan fingerprint density at radius 2 is 1.83 bits per heavy atom. The molecule has 0 spiro atoms. The summed E-state index contributed by atoms with van der Waals surface area (Å²) in [5.41, 5.74) is 1.23. The molecule has 102 valence electrons. The lowest BCUT2D eigenvalue weighted by Crippen LogP contribution is -2.35. The number of aliphatic hydroxyl groups is 1. The van der Waals surface area contributed by atoms with Gasteiger partial charge in [0, 0.05) is 6.04 Å². The highest BCUT2D eigenvalue weighted by Crippen LogP contribution is 2.25. The van der Waals surface area contributed by atoms with Gasteiger partial charge in [0.25, 0.3) is 0 Å². The monoisotopic (exact) mass is 273 g/mol. The first-order chi connectivity index (χ1) is 8.31. The third kappa shape index (κ3) is 3.22. The number of hydrogen-bond acceptors (Lipinski definition) is 4. The van der Waals surface area contributed by atoms with Crippen molar-refractivity contribution >= 4 is 10.0 Å². The Morgan fingerprint density at radius 1 is 1.33 bits per heavy atom. The molecule has 0 aliphatic heterocycles. The highest BCUT2D eigenvalue weighted by molar-refractivity contribution is 7.89. The summed E-state index contributed by atoms with van der Waals surface area (Å²) in [7, 11) is -2.09. The zero-order chi connectivity index (χ0) is 13.9. The lowest BCUT2D eigenvalue weighted by molar-refractivity contribution is 0.265. The van der Waals surface area contributed by atoms with Gasteiger partial charge in [0.2, 0.25) is 10.0 Å². The zero-order valence-electron chi connectivity index (χ0n) is 11.0. The number of ether oxygens (including phenoxy) is 1. The van der Waals surface area contributed by atoms with Gasteiger partial charge in [0.15, 0.2) is 0 Å². The van der Waals surface area contributed by atoms with E-state index in [9.17, 15) is 8.42 Å². The molecule has 0 radical (unpaired) electrons. The molecule has 0 aromatic heterocycles. The maximum atomic E-state index is 12.2. The number of aliphatic hydroxyl groups excluding tert-OH is 1. The van der Waals surface area contributed by atoms with Gasteiger partial charge in [0.1, 0.15) is 5.75 Å². The van der Waals surface area contributed by atoms with Crippen molar-refractivity contribution in [3.05, 3.63) is 23.3 Å². The number of rotatable bonds is 5. The molecule has 0 aliphatic rings. The quantitative estimate of drug-likeness (QED) is 0.838. The van der Waals surface area contributed by atoms with Gasteiger partial charge < -0.3 is 9.84 Å². The van der Waals surface area contributed by atoms with Gasteiger partial charge in [-0.2, -0.15) is 0 Å². The van der Waals surface area contributed by atoms with E-state index in [-0.39, 0.29) is 11.5 Å². The van der Waals surface area contributed by atoms with E-state index in [0.717, 1.165) is 0 Å².